The van der Waals surface area contributed by atoms with Gasteiger partial charge in [-0.25, -0.2) is 4.98 Å². The van der Waals surface area contributed by atoms with Crippen LogP contribution >= 0.6 is 0 Å². The molecule has 1 saturated heterocycles. The van der Waals surface area contributed by atoms with E-state index in [2.05, 4.69) is 27.0 Å². The molecule has 0 atom stereocenters. The summed E-state index contributed by atoms with van der Waals surface area (Å²) in [5, 5.41) is 0. The first kappa shape index (κ1) is 18.7. The number of amides is 1. The molecular formula is C22H29N5O. The zero-order chi connectivity index (χ0) is 19.7. The summed E-state index contributed by atoms with van der Waals surface area (Å²) >= 11 is 0. The molecule has 1 aromatic carbocycles. The highest BCUT2D eigenvalue weighted by Gasteiger charge is 2.27. The maximum atomic E-state index is 13.0. The molecular weight excluding hydrogens is 350 g/mol. The van der Waals surface area contributed by atoms with Gasteiger partial charge >= 0.3 is 0 Å². The number of benzene rings is 1. The van der Waals surface area contributed by atoms with E-state index in [4.69, 9.17) is 0 Å². The van der Waals surface area contributed by atoms with Crippen molar-refractivity contribution in [2.45, 2.75) is 38.1 Å². The zero-order valence-electron chi connectivity index (χ0n) is 17.1. The van der Waals surface area contributed by atoms with Crippen LogP contribution in [0, 0.1) is 0 Å². The number of rotatable bonds is 4. The minimum absolute atomic E-state index is 0.144. The van der Waals surface area contributed by atoms with E-state index in [0.29, 0.717) is 0 Å². The van der Waals surface area contributed by atoms with Crippen LogP contribution in [0.2, 0.25) is 0 Å². The van der Waals surface area contributed by atoms with Gasteiger partial charge in [-0.1, -0.05) is 6.07 Å². The Hall–Kier alpha value is -2.63. The number of nitrogens with zero attached hydrogens (tertiary/aromatic N) is 5. The number of hydrogen-bond acceptors (Lipinski definition) is 5. The predicted octanol–water partition coefficient (Wildman–Crippen LogP) is 2.77. The number of aromatic nitrogens is 2. The lowest BCUT2D eigenvalue weighted by molar-refractivity contribution is 0.0709. The predicted molar refractivity (Wildman–Crippen MR) is 112 cm³/mol. The molecule has 4 rings (SSSR count). The number of fused-ring (bicyclic) bond motifs is 1. The molecule has 0 spiro atoms. The van der Waals surface area contributed by atoms with Crippen LogP contribution in [0.25, 0.3) is 0 Å². The first-order chi connectivity index (χ1) is 13.5. The van der Waals surface area contributed by atoms with E-state index in [1.54, 1.807) is 0 Å². The summed E-state index contributed by atoms with van der Waals surface area (Å²) in [7, 11) is 5.85. The standard InChI is InChI=1S/C22H29N5O/c1-25(2)22-23-12-9-20(24-22)27-13-10-19(11-14-27)26(3)21(28)18-8-7-16-5-4-6-17(16)15-18/h7-9,12,15,19H,4-6,10-11,13-14H2,1-3H3. The SMILES string of the molecule is CN(C)c1nccc(N2CCC(N(C)C(=O)c3ccc4c(c3)CCC4)CC2)n1. The molecule has 1 aromatic heterocycles. The number of carbonyl (C=O) groups is 1. The lowest BCUT2D eigenvalue weighted by atomic mass is 10.0. The van der Waals surface area contributed by atoms with E-state index >= 15 is 0 Å². The van der Waals surface area contributed by atoms with Crippen LogP contribution < -0.4 is 9.80 Å². The van der Waals surface area contributed by atoms with Gasteiger partial charge in [0.05, 0.1) is 0 Å². The van der Waals surface area contributed by atoms with Crippen molar-refractivity contribution in [2.24, 2.45) is 0 Å². The van der Waals surface area contributed by atoms with Crippen molar-refractivity contribution < 1.29 is 4.79 Å². The Morgan fingerprint density at radius 1 is 1.07 bits per heavy atom. The summed E-state index contributed by atoms with van der Waals surface area (Å²) in [6.07, 6.45) is 7.18. The molecule has 1 aliphatic heterocycles. The van der Waals surface area contributed by atoms with E-state index < -0.39 is 0 Å². The van der Waals surface area contributed by atoms with Gasteiger partial charge < -0.3 is 14.7 Å². The van der Waals surface area contributed by atoms with Gasteiger partial charge in [-0.3, -0.25) is 4.79 Å². The van der Waals surface area contributed by atoms with Crippen LogP contribution in [-0.2, 0) is 12.8 Å². The van der Waals surface area contributed by atoms with Crippen LogP contribution in [0.5, 0.6) is 0 Å². The van der Waals surface area contributed by atoms with Crippen LogP contribution in [0.15, 0.2) is 30.5 Å². The lowest BCUT2D eigenvalue weighted by Crippen LogP contribution is -2.46. The van der Waals surface area contributed by atoms with Crippen molar-refractivity contribution in [1.29, 1.82) is 0 Å². The molecule has 2 heterocycles. The molecule has 0 N–H and O–H groups in total. The second kappa shape index (κ2) is 7.78. The molecule has 0 bridgehead atoms. The van der Waals surface area contributed by atoms with Crippen molar-refractivity contribution >= 4 is 17.7 Å². The van der Waals surface area contributed by atoms with E-state index in [-0.39, 0.29) is 11.9 Å². The normalized spacial score (nSPS) is 16.8. The first-order valence-electron chi connectivity index (χ1n) is 10.2. The first-order valence-corrected chi connectivity index (χ1v) is 10.2. The lowest BCUT2D eigenvalue weighted by Gasteiger charge is -2.37. The minimum atomic E-state index is 0.144. The van der Waals surface area contributed by atoms with Crippen LogP contribution in [0.3, 0.4) is 0 Å². The number of anilines is 2. The van der Waals surface area contributed by atoms with E-state index in [1.165, 1.54) is 17.5 Å². The molecule has 28 heavy (non-hydrogen) atoms. The van der Waals surface area contributed by atoms with Gasteiger partial charge in [-0.15, -0.1) is 0 Å². The summed E-state index contributed by atoms with van der Waals surface area (Å²) in [5.41, 5.74) is 3.60. The van der Waals surface area contributed by atoms with Gasteiger partial charge in [-0.2, -0.15) is 4.98 Å². The number of piperidine rings is 1. The molecule has 6 heteroatoms. The van der Waals surface area contributed by atoms with E-state index in [9.17, 15) is 4.79 Å². The monoisotopic (exact) mass is 379 g/mol. The Bertz CT molecular complexity index is 858. The van der Waals surface area contributed by atoms with Crippen molar-refractivity contribution in [3.05, 3.63) is 47.2 Å². The molecule has 1 amide bonds. The van der Waals surface area contributed by atoms with Crippen molar-refractivity contribution in [2.75, 3.05) is 44.0 Å². The Balaban J connectivity index is 1.39. The fourth-order valence-electron chi connectivity index (χ4n) is 4.29. The summed E-state index contributed by atoms with van der Waals surface area (Å²) in [6.45, 7) is 1.80. The number of aryl methyl sites for hydroxylation is 2. The minimum Gasteiger partial charge on any atom is -0.356 e. The highest BCUT2D eigenvalue weighted by Crippen LogP contribution is 2.25. The molecule has 1 fully saturated rings. The molecule has 1 aliphatic carbocycles. The quantitative estimate of drug-likeness (QED) is 0.818. The zero-order valence-corrected chi connectivity index (χ0v) is 17.1. The fourth-order valence-corrected chi connectivity index (χ4v) is 4.29. The second-order valence-electron chi connectivity index (χ2n) is 8.08. The van der Waals surface area contributed by atoms with E-state index in [0.717, 1.165) is 56.1 Å². The fraction of sp³-hybridized carbons (Fsp3) is 0.500. The largest absolute Gasteiger partial charge is 0.356 e. The molecule has 2 aliphatic rings. The van der Waals surface area contributed by atoms with Gasteiger partial charge in [-0.05, 0) is 61.4 Å². The van der Waals surface area contributed by atoms with Gasteiger partial charge in [0.1, 0.15) is 5.82 Å². The Kier molecular flexibility index (Phi) is 5.20. The van der Waals surface area contributed by atoms with Gasteiger partial charge in [0.2, 0.25) is 5.95 Å². The Morgan fingerprint density at radius 2 is 1.82 bits per heavy atom. The third-order valence-corrected chi connectivity index (χ3v) is 6.03. The highest BCUT2D eigenvalue weighted by molar-refractivity contribution is 5.94. The molecule has 2 aromatic rings. The van der Waals surface area contributed by atoms with Crippen molar-refractivity contribution in [1.82, 2.24) is 14.9 Å². The summed E-state index contributed by atoms with van der Waals surface area (Å²) in [5.74, 6) is 1.83. The molecule has 0 saturated carbocycles. The highest BCUT2D eigenvalue weighted by atomic mass is 16.2. The molecule has 148 valence electrons. The smallest absolute Gasteiger partial charge is 0.253 e. The van der Waals surface area contributed by atoms with Crippen LogP contribution in [0.4, 0.5) is 11.8 Å². The van der Waals surface area contributed by atoms with Gasteiger partial charge in [0, 0.05) is 52.0 Å². The third-order valence-electron chi connectivity index (χ3n) is 6.03. The average Bonchev–Trinajstić information content (AvgIpc) is 3.20. The van der Waals surface area contributed by atoms with Gasteiger partial charge in [0.15, 0.2) is 0 Å². The maximum Gasteiger partial charge on any atom is 0.253 e. The summed E-state index contributed by atoms with van der Waals surface area (Å²) in [6, 6.07) is 8.49. The summed E-state index contributed by atoms with van der Waals surface area (Å²) in [4.78, 5) is 28.1. The second-order valence-corrected chi connectivity index (χ2v) is 8.08. The molecule has 0 radical (unpaired) electrons. The van der Waals surface area contributed by atoms with Gasteiger partial charge in [0.25, 0.3) is 5.91 Å². The molecule has 0 unspecified atom stereocenters. The third kappa shape index (κ3) is 3.68. The van der Waals surface area contributed by atoms with Crippen LogP contribution in [-0.4, -0.2) is 61.0 Å². The van der Waals surface area contributed by atoms with Crippen molar-refractivity contribution in [3.63, 3.8) is 0 Å². The topological polar surface area (TPSA) is 52.6 Å². The Labute approximate surface area is 167 Å². The van der Waals surface area contributed by atoms with Crippen LogP contribution in [0.1, 0.15) is 40.7 Å². The van der Waals surface area contributed by atoms with E-state index in [1.807, 2.05) is 49.3 Å². The number of hydrogen-bond donors (Lipinski definition) is 0. The summed E-state index contributed by atoms with van der Waals surface area (Å²) < 4.78 is 0. The average molecular weight is 380 g/mol. The van der Waals surface area contributed by atoms with Crippen molar-refractivity contribution in [3.8, 4) is 0 Å². The Morgan fingerprint density at radius 3 is 2.57 bits per heavy atom. The number of carbonyl (C=O) groups excluding carboxylic acids is 1. The maximum absolute atomic E-state index is 13.0. The molecule has 6 nitrogen and oxygen atoms in total.